The van der Waals surface area contributed by atoms with Gasteiger partial charge in [-0.3, -0.25) is 9.59 Å². The van der Waals surface area contributed by atoms with Gasteiger partial charge in [0.1, 0.15) is 5.75 Å². The summed E-state index contributed by atoms with van der Waals surface area (Å²) in [7, 11) is 0. The van der Waals surface area contributed by atoms with Gasteiger partial charge >= 0.3 is 0 Å². The molecule has 8 heteroatoms. The number of halogens is 1. The molecule has 1 saturated heterocycles. The quantitative estimate of drug-likeness (QED) is 0.498. The summed E-state index contributed by atoms with van der Waals surface area (Å²) < 4.78 is 5.43. The average Bonchev–Trinajstić information content (AvgIpc) is 2.67. The van der Waals surface area contributed by atoms with Crippen LogP contribution in [-0.2, 0) is 9.59 Å². The fourth-order valence-electron chi connectivity index (χ4n) is 2.94. The van der Waals surface area contributed by atoms with Crippen LogP contribution in [0.4, 0.5) is 0 Å². The van der Waals surface area contributed by atoms with E-state index >= 15 is 0 Å². The Bertz CT molecular complexity index is 595. The number of rotatable bonds is 10. The second-order valence-electron chi connectivity index (χ2n) is 6.67. The fourth-order valence-corrected chi connectivity index (χ4v) is 3.89. The Labute approximate surface area is 178 Å². The van der Waals surface area contributed by atoms with Crippen LogP contribution in [0.3, 0.4) is 0 Å². The molecule has 1 heterocycles. The fraction of sp³-hybridized carbons (Fsp3) is 0.600. The van der Waals surface area contributed by atoms with Crippen molar-refractivity contribution in [3.05, 3.63) is 29.8 Å². The van der Waals surface area contributed by atoms with Gasteiger partial charge in [0.25, 0.3) is 0 Å². The van der Waals surface area contributed by atoms with Crippen LogP contribution in [0, 0.1) is 0 Å². The predicted molar refractivity (Wildman–Crippen MR) is 117 cm³/mol. The number of hydrogen-bond donors (Lipinski definition) is 3. The Morgan fingerprint density at radius 3 is 2.68 bits per heavy atom. The zero-order valence-electron chi connectivity index (χ0n) is 16.7. The summed E-state index contributed by atoms with van der Waals surface area (Å²) in [6, 6.07) is 7.97. The lowest BCUT2D eigenvalue weighted by atomic mass is 10.1. The molecule has 0 saturated carbocycles. The molecule has 0 spiro atoms. The van der Waals surface area contributed by atoms with Gasteiger partial charge in [-0.15, -0.1) is 12.4 Å². The first-order valence-corrected chi connectivity index (χ1v) is 10.8. The Balaban J connectivity index is 0.00000392. The highest BCUT2D eigenvalue weighted by Gasteiger charge is 2.16. The first-order chi connectivity index (χ1) is 13.1. The molecule has 6 nitrogen and oxygen atoms in total. The maximum absolute atomic E-state index is 12.1. The van der Waals surface area contributed by atoms with Crippen molar-refractivity contribution in [2.24, 2.45) is 0 Å². The Morgan fingerprint density at radius 1 is 1.29 bits per heavy atom. The van der Waals surface area contributed by atoms with E-state index in [1.807, 2.05) is 49.9 Å². The molecule has 0 radical (unpaired) electrons. The summed E-state index contributed by atoms with van der Waals surface area (Å²) >= 11 is 1.88. The summed E-state index contributed by atoms with van der Waals surface area (Å²) in [5.41, 5.74) is 1.04. The minimum Gasteiger partial charge on any atom is -0.494 e. The highest BCUT2D eigenvalue weighted by Crippen LogP contribution is 2.17. The Kier molecular flexibility index (Phi) is 12.0. The number of amides is 2. The topological polar surface area (TPSA) is 79.5 Å². The second-order valence-corrected chi connectivity index (χ2v) is 7.82. The monoisotopic (exact) mass is 429 g/mol. The third kappa shape index (κ3) is 9.17. The van der Waals surface area contributed by atoms with E-state index in [-0.39, 0.29) is 36.3 Å². The van der Waals surface area contributed by atoms with Crippen molar-refractivity contribution in [2.45, 2.75) is 45.2 Å². The average molecular weight is 430 g/mol. The van der Waals surface area contributed by atoms with Gasteiger partial charge in [0.15, 0.2) is 0 Å². The summed E-state index contributed by atoms with van der Waals surface area (Å²) in [6.45, 7) is 6.05. The molecule has 158 valence electrons. The molecule has 1 aliphatic rings. The number of thioether (sulfide) groups is 1. The van der Waals surface area contributed by atoms with E-state index in [2.05, 4.69) is 16.0 Å². The van der Waals surface area contributed by atoms with Crippen LogP contribution < -0.4 is 20.7 Å². The SMILES string of the molecule is CCOc1ccc(C(C)NC(=O)CCCNC(=O)CC2CSCCN2)cc1.Cl. The summed E-state index contributed by atoms with van der Waals surface area (Å²) in [5, 5.41) is 9.26. The van der Waals surface area contributed by atoms with Gasteiger partial charge in [-0.1, -0.05) is 12.1 Å². The zero-order chi connectivity index (χ0) is 19.5. The van der Waals surface area contributed by atoms with Gasteiger partial charge in [0, 0.05) is 43.5 Å². The van der Waals surface area contributed by atoms with E-state index < -0.39 is 0 Å². The number of nitrogens with one attached hydrogen (secondary N) is 3. The number of hydrogen-bond acceptors (Lipinski definition) is 5. The molecule has 1 aromatic carbocycles. The molecule has 1 aliphatic heterocycles. The lowest BCUT2D eigenvalue weighted by Crippen LogP contribution is -2.41. The van der Waals surface area contributed by atoms with Crippen molar-refractivity contribution in [1.82, 2.24) is 16.0 Å². The van der Waals surface area contributed by atoms with Crippen molar-refractivity contribution in [3.63, 3.8) is 0 Å². The molecule has 3 N–H and O–H groups in total. The highest BCUT2D eigenvalue weighted by atomic mass is 35.5. The van der Waals surface area contributed by atoms with Crippen molar-refractivity contribution >= 4 is 36.0 Å². The lowest BCUT2D eigenvalue weighted by molar-refractivity contribution is -0.123. The smallest absolute Gasteiger partial charge is 0.221 e. The molecule has 0 aromatic heterocycles. The number of carbonyl (C=O) groups excluding carboxylic acids is 2. The highest BCUT2D eigenvalue weighted by molar-refractivity contribution is 7.99. The van der Waals surface area contributed by atoms with Crippen LogP contribution in [-0.4, -0.2) is 49.1 Å². The molecular formula is C20H32ClN3O3S. The molecular weight excluding hydrogens is 398 g/mol. The van der Waals surface area contributed by atoms with Gasteiger partial charge in [-0.25, -0.2) is 0 Å². The molecule has 1 fully saturated rings. The minimum atomic E-state index is -0.0577. The second kappa shape index (κ2) is 13.7. The predicted octanol–water partition coefficient (Wildman–Crippen LogP) is 2.68. The molecule has 0 aliphatic carbocycles. The molecule has 2 rings (SSSR count). The lowest BCUT2D eigenvalue weighted by Gasteiger charge is -2.22. The number of benzene rings is 1. The van der Waals surface area contributed by atoms with Gasteiger partial charge in [0.05, 0.1) is 12.6 Å². The Morgan fingerprint density at radius 2 is 2.04 bits per heavy atom. The molecule has 2 unspecified atom stereocenters. The number of ether oxygens (including phenoxy) is 1. The van der Waals surface area contributed by atoms with Crippen LogP contribution >= 0.6 is 24.2 Å². The van der Waals surface area contributed by atoms with Crippen LogP contribution in [0.25, 0.3) is 0 Å². The molecule has 2 atom stereocenters. The van der Waals surface area contributed by atoms with Crippen molar-refractivity contribution in [2.75, 3.05) is 31.2 Å². The van der Waals surface area contributed by atoms with Gasteiger partial charge < -0.3 is 20.7 Å². The van der Waals surface area contributed by atoms with E-state index in [1.54, 1.807) is 0 Å². The molecule has 2 amide bonds. The van der Waals surface area contributed by atoms with E-state index in [9.17, 15) is 9.59 Å². The van der Waals surface area contributed by atoms with Crippen LogP contribution in [0.1, 0.15) is 44.7 Å². The van der Waals surface area contributed by atoms with E-state index in [0.717, 1.165) is 29.4 Å². The van der Waals surface area contributed by atoms with E-state index in [1.165, 1.54) is 0 Å². The van der Waals surface area contributed by atoms with Crippen molar-refractivity contribution < 1.29 is 14.3 Å². The molecule has 28 heavy (non-hydrogen) atoms. The standard InChI is InChI=1S/C20H31N3O3S.ClH/c1-3-26-18-8-6-16(7-9-18)15(2)23-19(24)5-4-10-22-20(25)13-17-14-27-12-11-21-17;/h6-9,15,17,21H,3-5,10-14H2,1-2H3,(H,22,25)(H,23,24);1H. The van der Waals surface area contributed by atoms with E-state index in [0.29, 0.717) is 32.4 Å². The maximum atomic E-state index is 12.1. The first kappa shape index (κ1) is 24.6. The summed E-state index contributed by atoms with van der Waals surface area (Å²) in [6.07, 6.45) is 1.55. The summed E-state index contributed by atoms with van der Waals surface area (Å²) in [5.74, 6) is 2.98. The third-order valence-corrected chi connectivity index (χ3v) is 5.53. The largest absolute Gasteiger partial charge is 0.494 e. The van der Waals surface area contributed by atoms with Crippen molar-refractivity contribution in [1.29, 1.82) is 0 Å². The van der Waals surface area contributed by atoms with Crippen LogP contribution in [0.5, 0.6) is 5.75 Å². The van der Waals surface area contributed by atoms with Gasteiger partial charge in [-0.2, -0.15) is 11.8 Å². The van der Waals surface area contributed by atoms with Crippen LogP contribution in [0.15, 0.2) is 24.3 Å². The Hall–Kier alpha value is -1.44. The molecule has 0 bridgehead atoms. The minimum absolute atomic E-state index is 0. The van der Waals surface area contributed by atoms with Crippen LogP contribution in [0.2, 0.25) is 0 Å². The molecule has 1 aromatic rings. The number of carbonyl (C=O) groups is 2. The van der Waals surface area contributed by atoms with Crippen molar-refractivity contribution in [3.8, 4) is 5.75 Å². The zero-order valence-corrected chi connectivity index (χ0v) is 18.3. The maximum Gasteiger partial charge on any atom is 0.221 e. The third-order valence-electron chi connectivity index (χ3n) is 4.40. The normalized spacial score (nSPS) is 17.1. The summed E-state index contributed by atoms with van der Waals surface area (Å²) in [4.78, 5) is 24.0. The van der Waals surface area contributed by atoms with Gasteiger partial charge in [0.2, 0.25) is 11.8 Å². The van der Waals surface area contributed by atoms with Gasteiger partial charge in [-0.05, 0) is 38.0 Å². The van der Waals surface area contributed by atoms with E-state index in [4.69, 9.17) is 4.74 Å². The first-order valence-electron chi connectivity index (χ1n) is 9.68.